The molecular weight excluding hydrogens is 599 g/mol. The zero-order valence-corrected chi connectivity index (χ0v) is 22.5. The van der Waals surface area contributed by atoms with E-state index < -0.39 is 0 Å². The van der Waals surface area contributed by atoms with Gasteiger partial charge in [0.15, 0.2) is 0 Å². The summed E-state index contributed by atoms with van der Waals surface area (Å²) in [6.45, 7) is 9.79. The molecular formula is C30H29IrNO2. The first kappa shape index (κ1) is 25.6. The van der Waals surface area contributed by atoms with Gasteiger partial charge in [0.25, 0.3) is 0 Å². The van der Waals surface area contributed by atoms with Gasteiger partial charge in [-0.3, -0.25) is 9.78 Å². The number of aromatic nitrogens is 1. The molecule has 4 aromatic rings. The normalized spacial score (nSPS) is 13.3. The van der Waals surface area contributed by atoms with Crippen molar-refractivity contribution in [1.29, 1.82) is 0 Å². The summed E-state index contributed by atoms with van der Waals surface area (Å²) in [7, 11) is 0. The van der Waals surface area contributed by atoms with E-state index in [1.165, 1.54) is 53.1 Å². The number of para-hydroxylation sites is 1. The van der Waals surface area contributed by atoms with Crippen LogP contribution in [0.1, 0.15) is 44.4 Å². The van der Waals surface area contributed by atoms with Gasteiger partial charge in [-0.15, -0.1) is 29.3 Å². The number of nitrogens with zero attached hydrogens (tertiary/aromatic N) is 1. The molecule has 4 heteroatoms. The number of aryl methyl sites for hydroxylation is 1. The van der Waals surface area contributed by atoms with Crippen molar-refractivity contribution in [2.45, 2.75) is 40.0 Å². The molecule has 3 nitrogen and oxygen atoms in total. The summed E-state index contributed by atoms with van der Waals surface area (Å²) in [4.78, 5) is 13.3. The number of rotatable bonds is 2. The molecule has 0 fully saturated rings. The monoisotopic (exact) mass is 628 g/mol. The minimum absolute atomic E-state index is 0. The van der Waals surface area contributed by atoms with E-state index in [1.807, 2.05) is 12.1 Å². The average molecular weight is 628 g/mol. The van der Waals surface area contributed by atoms with Crippen LogP contribution in [0, 0.1) is 13.0 Å². The van der Waals surface area contributed by atoms with Gasteiger partial charge in [0.1, 0.15) is 0 Å². The van der Waals surface area contributed by atoms with E-state index in [2.05, 4.69) is 81.4 Å². The second-order valence-corrected chi connectivity index (χ2v) is 9.16. The first-order valence-corrected chi connectivity index (χ1v) is 11.1. The van der Waals surface area contributed by atoms with Gasteiger partial charge in [-0.05, 0) is 42.0 Å². The van der Waals surface area contributed by atoms with Crippen LogP contribution >= 0.6 is 0 Å². The number of pyridine rings is 1. The number of ketones is 1. The maximum atomic E-state index is 8.40. The molecule has 1 heterocycles. The fourth-order valence-corrected chi connectivity index (χ4v) is 4.45. The topological polar surface area (TPSA) is 54.5 Å². The third-order valence-corrected chi connectivity index (χ3v) is 6.05. The predicted octanol–water partition coefficient (Wildman–Crippen LogP) is 7.33. The molecule has 0 amide bonds. The molecule has 2 N–H and O–H groups in total. The predicted molar refractivity (Wildman–Crippen MR) is 137 cm³/mol. The maximum Gasteiger partial charge on any atom is 0.316 e. The van der Waals surface area contributed by atoms with Gasteiger partial charge >= 0.3 is 5.78 Å². The van der Waals surface area contributed by atoms with Crippen LogP contribution in [0.3, 0.4) is 0 Å². The largest absolute Gasteiger partial charge is 0.512 e. The van der Waals surface area contributed by atoms with Gasteiger partial charge < -0.3 is 5.11 Å². The van der Waals surface area contributed by atoms with Crippen LogP contribution in [0.5, 0.6) is 0 Å². The van der Waals surface area contributed by atoms with Gasteiger partial charge in [-0.2, -0.15) is 0 Å². The SMILES string of the molecule is CC(=[OH+])/C=C(/C)O.Cc1ccc2c(c1)C(C)(C)c1cc(-c3ccc4ccccc4n3)[c-]cc1-2.[Ir]. The van der Waals surface area contributed by atoms with E-state index in [-0.39, 0.29) is 37.1 Å². The van der Waals surface area contributed by atoms with Crippen LogP contribution in [0.2, 0.25) is 0 Å². The molecule has 1 aliphatic rings. The number of hydrogen-bond donors (Lipinski definition) is 1. The van der Waals surface area contributed by atoms with Gasteiger partial charge in [-0.25, -0.2) is 0 Å². The van der Waals surface area contributed by atoms with Crippen molar-refractivity contribution >= 4 is 16.7 Å². The molecule has 0 spiro atoms. The average Bonchev–Trinajstić information content (AvgIpc) is 2.99. The molecule has 0 saturated heterocycles. The Balaban J connectivity index is 0.000000357. The van der Waals surface area contributed by atoms with E-state index in [9.17, 15) is 0 Å². The minimum Gasteiger partial charge on any atom is -0.512 e. The van der Waals surface area contributed by atoms with Gasteiger partial charge in [0.05, 0.1) is 24.3 Å². The van der Waals surface area contributed by atoms with E-state index >= 15 is 0 Å². The van der Waals surface area contributed by atoms with Crippen molar-refractivity contribution in [3.8, 4) is 22.4 Å². The standard InChI is InChI=1S/C25H20N.C5H8O2.Ir/c1-16-8-11-19-20-12-9-18(15-22(20)25(2,3)21(19)14-16)24-13-10-17-6-4-5-7-23(17)26-24;1-4(6)3-5(2)7;/h4-8,10-15H,1-3H3;3,6H,1-2H3;/q-1;;/p+1/b;4-3-;. The van der Waals surface area contributed by atoms with Crippen LogP contribution in [0.4, 0.5) is 0 Å². The summed E-state index contributed by atoms with van der Waals surface area (Å²) >= 11 is 0. The molecule has 3 aromatic carbocycles. The number of benzene rings is 3. The minimum atomic E-state index is -0.00259. The Morgan fingerprint density at radius 3 is 2.35 bits per heavy atom. The van der Waals surface area contributed by atoms with Crippen molar-refractivity contribution in [1.82, 2.24) is 4.98 Å². The van der Waals surface area contributed by atoms with E-state index in [4.69, 9.17) is 14.9 Å². The van der Waals surface area contributed by atoms with E-state index in [0.717, 1.165) is 16.8 Å². The molecule has 175 valence electrons. The van der Waals surface area contributed by atoms with Crippen molar-refractivity contribution in [2.75, 3.05) is 0 Å². The summed E-state index contributed by atoms with van der Waals surface area (Å²) in [5, 5.41) is 9.57. The summed E-state index contributed by atoms with van der Waals surface area (Å²) in [5.41, 5.74) is 9.78. The number of fused-ring (bicyclic) bond motifs is 4. The molecule has 1 aliphatic carbocycles. The van der Waals surface area contributed by atoms with Gasteiger partial charge in [0.2, 0.25) is 0 Å². The molecule has 0 aliphatic heterocycles. The molecule has 1 radical (unpaired) electrons. The first-order chi connectivity index (χ1) is 15.7. The Bertz CT molecular complexity index is 1400. The van der Waals surface area contributed by atoms with Crippen molar-refractivity contribution in [3.63, 3.8) is 0 Å². The number of aliphatic hydroxyl groups excluding tert-OH is 1. The van der Waals surface area contributed by atoms with E-state index in [0.29, 0.717) is 0 Å². The Labute approximate surface area is 214 Å². The summed E-state index contributed by atoms with van der Waals surface area (Å²) < 4.78 is 0. The second kappa shape index (κ2) is 10.0. The first-order valence-electron chi connectivity index (χ1n) is 11.1. The van der Waals surface area contributed by atoms with Crippen LogP contribution in [-0.4, -0.2) is 20.7 Å². The van der Waals surface area contributed by atoms with Crippen molar-refractivity contribution in [3.05, 3.63) is 101 Å². The zero-order valence-electron chi connectivity index (χ0n) is 20.1. The maximum absolute atomic E-state index is 8.40. The van der Waals surface area contributed by atoms with Crippen LogP contribution in [0.25, 0.3) is 33.3 Å². The fourth-order valence-electron chi connectivity index (χ4n) is 4.45. The number of hydrogen-bond acceptors (Lipinski definition) is 2. The number of aliphatic hydroxyl groups is 1. The summed E-state index contributed by atoms with van der Waals surface area (Å²) in [5.74, 6) is 0.250. The second-order valence-electron chi connectivity index (χ2n) is 9.16. The van der Waals surface area contributed by atoms with Crippen molar-refractivity contribution in [2.24, 2.45) is 0 Å². The van der Waals surface area contributed by atoms with Crippen LogP contribution in [-0.2, 0) is 25.5 Å². The molecule has 5 rings (SSSR count). The Morgan fingerprint density at radius 1 is 0.971 bits per heavy atom. The Kier molecular flexibility index (Phi) is 7.55. The Morgan fingerprint density at radius 2 is 1.68 bits per heavy atom. The zero-order chi connectivity index (χ0) is 23.8. The molecule has 0 atom stereocenters. The number of carbonyl (C=O) groups excluding carboxylic acids is 1. The van der Waals surface area contributed by atoms with Crippen molar-refractivity contribution < 1.29 is 30.0 Å². The third-order valence-electron chi connectivity index (χ3n) is 6.05. The molecule has 34 heavy (non-hydrogen) atoms. The van der Waals surface area contributed by atoms with E-state index in [1.54, 1.807) is 0 Å². The smallest absolute Gasteiger partial charge is 0.316 e. The summed E-state index contributed by atoms with van der Waals surface area (Å²) in [6.07, 6.45) is 1.28. The number of allylic oxidation sites excluding steroid dienone is 2. The van der Waals surface area contributed by atoms with Crippen LogP contribution < -0.4 is 0 Å². The van der Waals surface area contributed by atoms with Gasteiger partial charge in [-0.1, -0.05) is 79.1 Å². The summed E-state index contributed by atoms with van der Waals surface area (Å²) in [6, 6.07) is 27.2. The molecule has 0 bridgehead atoms. The molecule has 0 saturated carbocycles. The Hall–Kier alpha value is -3.07. The third kappa shape index (κ3) is 5.04. The molecule has 0 unspecified atom stereocenters. The van der Waals surface area contributed by atoms with Crippen LogP contribution in [0.15, 0.2) is 78.6 Å². The fraction of sp³-hybridized carbons (Fsp3) is 0.200. The molecule has 1 aromatic heterocycles. The van der Waals surface area contributed by atoms with Gasteiger partial charge in [0, 0.05) is 20.1 Å². The quantitative estimate of drug-likeness (QED) is 0.110.